The van der Waals surface area contributed by atoms with Crippen LogP contribution in [-0.2, 0) is 9.59 Å². The molecule has 6 nitrogen and oxygen atoms in total. The Bertz CT molecular complexity index is 556. The van der Waals surface area contributed by atoms with Crippen LogP contribution in [-0.4, -0.2) is 66.7 Å². The van der Waals surface area contributed by atoms with Crippen LogP contribution in [0.3, 0.4) is 0 Å². The summed E-state index contributed by atoms with van der Waals surface area (Å²) >= 11 is 0. The van der Waals surface area contributed by atoms with Gasteiger partial charge in [-0.25, -0.2) is 4.39 Å². The Morgan fingerprint density at radius 3 is 2.85 bits per heavy atom. The summed E-state index contributed by atoms with van der Waals surface area (Å²) in [7, 11) is 0. The number of halogens is 1. The molecule has 0 spiro atoms. The zero-order chi connectivity index (χ0) is 19.0. The summed E-state index contributed by atoms with van der Waals surface area (Å²) in [5.74, 6) is 0.587. The predicted molar refractivity (Wildman–Crippen MR) is 101 cm³/mol. The van der Waals surface area contributed by atoms with Gasteiger partial charge in [0.05, 0.1) is 12.6 Å². The fourth-order valence-electron chi connectivity index (χ4n) is 5.69. The zero-order valence-electron chi connectivity index (χ0n) is 16.3. The van der Waals surface area contributed by atoms with Gasteiger partial charge in [0.1, 0.15) is 6.17 Å². The first-order chi connectivity index (χ1) is 13.0. The van der Waals surface area contributed by atoms with E-state index in [9.17, 15) is 14.0 Å². The molecule has 152 valence electrons. The fraction of sp³-hybridized carbons (Fsp3) is 0.900. The SMILES string of the molecule is CC1CCC(F)C2CC(C(=O)NC3CCCC(N4CCNCC4=O)C3)NC12. The molecule has 2 saturated heterocycles. The highest BCUT2D eigenvalue weighted by Gasteiger charge is 2.46. The Kier molecular flexibility index (Phi) is 5.69. The third-order valence-electron chi connectivity index (χ3n) is 7.21. The molecule has 4 fully saturated rings. The largest absolute Gasteiger partial charge is 0.352 e. The van der Waals surface area contributed by atoms with Gasteiger partial charge in [-0.15, -0.1) is 0 Å². The van der Waals surface area contributed by atoms with Gasteiger partial charge < -0.3 is 20.9 Å². The molecule has 0 radical (unpaired) electrons. The molecule has 7 atom stereocenters. The van der Waals surface area contributed by atoms with E-state index < -0.39 is 6.17 Å². The van der Waals surface area contributed by atoms with Crippen LogP contribution in [0.25, 0.3) is 0 Å². The highest BCUT2D eigenvalue weighted by Crippen LogP contribution is 2.38. The summed E-state index contributed by atoms with van der Waals surface area (Å²) in [6.45, 7) is 4.18. The van der Waals surface area contributed by atoms with Crippen molar-refractivity contribution in [2.24, 2.45) is 11.8 Å². The van der Waals surface area contributed by atoms with Gasteiger partial charge in [-0.3, -0.25) is 9.59 Å². The Morgan fingerprint density at radius 2 is 2.07 bits per heavy atom. The van der Waals surface area contributed by atoms with Crippen molar-refractivity contribution in [2.75, 3.05) is 19.6 Å². The predicted octanol–water partition coefficient (Wildman–Crippen LogP) is 0.960. The van der Waals surface area contributed by atoms with Crippen molar-refractivity contribution >= 4 is 11.8 Å². The van der Waals surface area contributed by atoms with E-state index in [0.29, 0.717) is 25.3 Å². The first-order valence-electron chi connectivity index (χ1n) is 10.7. The number of nitrogens with one attached hydrogen (secondary N) is 3. The summed E-state index contributed by atoms with van der Waals surface area (Å²) in [4.78, 5) is 27.0. The van der Waals surface area contributed by atoms with E-state index in [1.54, 1.807) is 0 Å². The summed E-state index contributed by atoms with van der Waals surface area (Å²) in [6.07, 6.45) is 5.19. The van der Waals surface area contributed by atoms with Crippen LogP contribution in [0, 0.1) is 11.8 Å². The van der Waals surface area contributed by atoms with Crippen molar-refractivity contribution in [1.29, 1.82) is 0 Å². The molecule has 4 rings (SSSR count). The molecule has 2 aliphatic heterocycles. The van der Waals surface area contributed by atoms with Gasteiger partial charge >= 0.3 is 0 Å². The van der Waals surface area contributed by atoms with Gasteiger partial charge in [-0.05, 0) is 50.9 Å². The van der Waals surface area contributed by atoms with E-state index in [0.717, 1.165) is 45.2 Å². The lowest BCUT2D eigenvalue weighted by molar-refractivity contribution is -0.135. The smallest absolute Gasteiger partial charge is 0.237 e. The van der Waals surface area contributed by atoms with Gasteiger partial charge in [-0.1, -0.05) is 6.92 Å². The third kappa shape index (κ3) is 3.99. The van der Waals surface area contributed by atoms with Crippen LogP contribution < -0.4 is 16.0 Å². The maximum Gasteiger partial charge on any atom is 0.237 e. The molecule has 0 aromatic heterocycles. The normalized spacial score (nSPS) is 42.7. The molecule has 2 aliphatic carbocycles. The first-order valence-corrected chi connectivity index (χ1v) is 10.7. The number of hydrogen-bond donors (Lipinski definition) is 3. The van der Waals surface area contributed by atoms with Gasteiger partial charge in [-0.2, -0.15) is 0 Å². The number of alkyl halides is 1. The Hall–Kier alpha value is -1.21. The van der Waals surface area contributed by atoms with E-state index in [1.165, 1.54) is 0 Å². The fourth-order valence-corrected chi connectivity index (χ4v) is 5.69. The number of nitrogens with zero attached hydrogens (tertiary/aromatic N) is 1. The molecule has 0 aromatic carbocycles. The minimum Gasteiger partial charge on any atom is -0.352 e. The zero-order valence-corrected chi connectivity index (χ0v) is 16.3. The molecule has 27 heavy (non-hydrogen) atoms. The van der Waals surface area contributed by atoms with E-state index in [-0.39, 0.29) is 41.9 Å². The van der Waals surface area contributed by atoms with Crippen molar-refractivity contribution < 1.29 is 14.0 Å². The van der Waals surface area contributed by atoms with Crippen molar-refractivity contribution in [1.82, 2.24) is 20.9 Å². The highest BCUT2D eigenvalue weighted by molar-refractivity contribution is 5.82. The molecular weight excluding hydrogens is 347 g/mol. The summed E-state index contributed by atoms with van der Waals surface area (Å²) in [6, 6.07) is 0.192. The van der Waals surface area contributed by atoms with E-state index in [2.05, 4.69) is 22.9 Å². The Labute approximate surface area is 161 Å². The van der Waals surface area contributed by atoms with E-state index in [4.69, 9.17) is 0 Å². The van der Waals surface area contributed by atoms with E-state index in [1.807, 2.05) is 4.90 Å². The number of hydrogen-bond acceptors (Lipinski definition) is 4. The summed E-state index contributed by atoms with van der Waals surface area (Å²) < 4.78 is 14.3. The van der Waals surface area contributed by atoms with Crippen LogP contribution in [0.2, 0.25) is 0 Å². The van der Waals surface area contributed by atoms with Crippen LogP contribution >= 0.6 is 0 Å². The molecule has 2 amide bonds. The Balaban J connectivity index is 1.32. The molecule has 2 heterocycles. The van der Waals surface area contributed by atoms with Crippen molar-refractivity contribution in [2.45, 2.75) is 82.2 Å². The second-order valence-electron chi connectivity index (χ2n) is 9.01. The average Bonchev–Trinajstić information content (AvgIpc) is 3.12. The average molecular weight is 381 g/mol. The second kappa shape index (κ2) is 8.03. The highest BCUT2D eigenvalue weighted by atomic mass is 19.1. The van der Waals surface area contributed by atoms with Crippen molar-refractivity contribution in [3.05, 3.63) is 0 Å². The van der Waals surface area contributed by atoms with Crippen molar-refractivity contribution in [3.63, 3.8) is 0 Å². The quantitative estimate of drug-likeness (QED) is 0.682. The maximum atomic E-state index is 14.3. The number of amides is 2. The number of carbonyl (C=O) groups excluding carboxylic acids is 2. The summed E-state index contributed by atoms with van der Waals surface area (Å²) in [5.41, 5.74) is 0. The number of rotatable bonds is 3. The van der Waals surface area contributed by atoms with Crippen LogP contribution in [0.15, 0.2) is 0 Å². The minimum absolute atomic E-state index is 0.0149. The molecule has 4 aliphatic rings. The lowest BCUT2D eigenvalue weighted by Crippen LogP contribution is -2.56. The molecule has 2 saturated carbocycles. The van der Waals surface area contributed by atoms with Crippen LogP contribution in [0.4, 0.5) is 4.39 Å². The van der Waals surface area contributed by atoms with Gasteiger partial charge in [0, 0.05) is 37.1 Å². The van der Waals surface area contributed by atoms with Crippen LogP contribution in [0.1, 0.15) is 51.9 Å². The molecular formula is C20H33FN4O2. The van der Waals surface area contributed by atoms with E-state index >= 15 is 0 Å². The topological polar surface area (TPSA) is 73.5 Å². The molecule has 0 aromatic rings. The minimum atomic E-state index is -0.783. The molecule has 0 bridgehead atoms. The van der Waals surface area contributed by atoms with Gasteiger partial charge in [0.25, 0.3) is 0 Å². The maximum absolute atomic E-state index is 14.3. The lowest BCUT2D eigenvalue weighted by atomic mass is 9.77. The van der Waals surface area contributed by atoms with Crippen LogP contribution in [0.5, 0.6) is 0 Å². The number of piperazine rings is 1. The molecule has 3 N–H and O–H groups in total. The number of carbonyl (C=O) groups is 2. The summed E-state index contributed by atoms with van der Waals surface area (Å²) in [5, 5.41) is 9.74. The molecule has 7 unspecified atom stereocenters. The first kappa shape index (κ1) is 19.1. The third-order valence-corrected chi connectivity index (χ3v) is 7.21. The Morgan fingerprint density at radius 1 is 1.22 bits per heavy atom. The number of fused-ring (bicyclic) bond motifs is 1. The van der Waals surface area contributed by atoms with Crippen molar-refractivity contribution in [3.8, 4) is 0 Å². The standard InChI is InChI=1S/C20H33FN4O2/c1-12-5-6-16(21)15-10-17(24-19(12)15)20(27)23-13-3-2-4-14(9-13)25-8-7-22-11-18(25)26/h12-17,19,22,24H,2-11H2,1H3,(H,23,27). The lowest BCUT2D eigenvalue weighted by Gasteiger charge is -2.40. The van der Waals surface area contributed by atoms with Gasteiger partial charge in [0.2, 0.25) is 11.8 Å². The second-order valence-corrected chi connectivity index (χ2v) is 9.01. The molecule has 7 heteroatoms. The monoisotopic (exact) mass is 380 g/mol. The van der Waals surface area contributed by atoms with Gasteiger partial charge in [0.15, 0.2) is 0 Å².